The first-order valence-electron chi connectivity index (χ1n) is 7.43. The standard InChI is InChI=1S/C18H16FN3O2/c19-15-5-1-13(2-6-15)17(23)11-21-18(24)14-3-7-16(8-4-14)22-10-9-20-12-22/h1-10,12,17,23H,11H2,(H,21,24). The minimum atomic E-state index is -0.889. The van der Waals surface area contributed by atoms with Gasteiger partial charge in [0.15, 0.2) is 0 Å². The first kappa shape index (κ1) is 15.9. The van der Waals surface area contributed by atoms with Crippen LogP contribution in [0.25, 0.3) is 5.69 Å². The van der Waals surface area contributed by atoms with Gasteiger partial charge in [0.25, 0.3) is 5.91 Å². The Hall–Kier alpha value is -2.99. The fourth-order valence-electron chi connectivity index (χ4n) is 2.29. The Kier molecular flexibility index (Phi) is 4.67. The maximum atomic E-state index is 12.9. The lowest BCUT2D eigenvalue weighted by Gasteiger charge is -2.12. The van der Waals surface area contributed by atoms with E-state index in [9.17, 15) is 14.3 Å². The molecular weight excluding hydrogens is 309 g/mol. The smallest absolute Gasteiger partial charge is 0.251 e. The fourth-order valence-corrected chi connectivity index (χ4v) is 2.29. The summed E-state index contributed by atoms with van der Waals surface area (Å²) in [6, 6.07) is 12.6. The summed E-state index contributed by atoms with van der Waals surface area (Å²) in [5, 5.41) is 12.7. The maximum absolute atomic E-state index is 12.9. The van der Waals surface area contributed by atoms with Crippen molar-refractivity contribution in [1.29, 1.82) is 0 Å². The lowest BCUT2D eigenvalue weighted by Crippen LogP contribution is -2.28. The highest BCUT2D eigenvalue weighted by molar-refractivity contribution is 5.94. The molecular formula is C18H16FN3O2. The van der Waals surface area contributed by atoms with Crippen LogP contribution in [0.3, 0.4) is 0 Å². The quantitative estimate of drug-likeness (QED) is 0.757. The number of aromatic nitrogens is 2. The molecule has 122 valence electrons. The molecule has 0 saturated carbocycles. The van der Waals surface area contributed by atoms with E-state index in [1.807, 2.05) is 22.9 Å². The highest BCUT2D eigenvalue weighted by Gasteiger charge is 2.11. The minimum Gasteiger partial charge on any atom is -0.387 e. The first-order chi connectivity index (χ1) is 11.6. The van der Waals surface area contributed by atoms with Gasteiger partial charge in [0, 0.05) is 30.2 Å². The molecule has 1 amide bonds. The molecule has 0 spiro atoms. The molecule has 0 aliphatic rings. The number of nitrogens with one attached hydrogen (secondary N) is 1. The fraction of sp³-hybridized carbons (Fsp3) is 0.111. The number of rotatable bonds is 5. The van der Waals surface area contributed by atoms with Crippen molar-refractivity contribution in [1.82, 2.24) is 14.9 Å². The van der Waals surface area contributed by atoms with Gasteiger partial charge in [-0.25, -0.2) is 9.37 Å². The second kappa shape index (κ2) is 7.06. The van der Waals surface area contributed by atoms with Gasteiger partial charge in [0.2, 0.25) is 0 Å². The van der Waals surface area contributed by atoms with Gasteiger partial charge in [-0.3, -0.25) is 4.79 Å². The van der Waals surface area contributed by atoms with Crippen LogP contribution < -0.4 is 5.32 Å². The third-order valence-corrected chi connectivity index (χ3v) is 3.64. The first-order valence-corrected chi connectivity index (χ1v) is 7.43. The van der Waals surface area contributed by atoms with E-state index in [0.29, 0.717) is 11.1 Å². The molecule has 5 nitrogen and oxygen atoms in total. The number of halogens is 1. The van der Waals surface area contributed by atoms with Crippen LogP contribution in [0.1, 0.15) is 22.0 Å². The van der Waals surface area contributed by atoms with Gasteiger partial charge in [-0.2, -0.15) is 0 Å². The average molecular weight is 325 g/mol. The van der Waals surface area contributed by atoms with Crippen molar-refractivity contribution in [3.8, 4) is 5.69 Å². The number of hydrogen-bond acceptors (Lipinski definition) is 3. The van der Waals surface area contributed by atoms with Crippen molar-refractivity contribution in [2.45, 2.75) is 6.10 Å². The lowest BCUT2D eigenvalue weighted by molar-refractivity contribution is 0.0916. The highest BCUT2D eigenvalue weighted by Crippen LogP contribution is 2.13. The molecule has 6 heteroatoms. The van der Waals surface area contributed by atoms with Gasteiger partial charge in [-0.1, -0.05) is 12.1 Å². The van der Waals surface area contributed by atoms with Crippen LogP contribution in [0.15, 0.2) is 67.3 Å². The summed E-state index contributed by atoms with van der Waals surface area (Å²) in [4.78, 5) is 16.1. The zero-order chi connectivity index (χ0) is 16.9. The van der Waals surface area contributed by atoms with Crippen molar-refractivity contribution in [2.24, 2.45) is 0 Å². The highest BCUT2D eigenvalue weighted by atomic mass is 19.1. The second-order valence-corrected chi connectivity index (χ2v) is 5.29. The van der Waals surface area contributed by atoms with Crippen LogP contribution in [-0.2, 0) is 0 Å². The molecule has 2 N–H and O–H groups in total. The average Bonchev–Trinajstić information content (AvgIpc) is 3.15. The molecule has 1 aromatic heterocycles. The lowest BCUT2D eigenvalue weighted by atomic mass is 10.1. The normalized spacial score (nSPS) is 11.9. The molecule has 2 aromatic carbocycles. The largest absolute Gasteiger partial charge is 0.387 e. The zero-order valence-corrected chi connectivity index (χ0v) is 12.8. The third-order valence-electron chi connectivity index (χ3n) is 3.64. The van der Waals surface area contributed by atoms with Gasteiger partial charge in [-0.05, 0) is 42.0 Å². The number of aliphatic hydroxyl groups is 1. The van der Waals surface area contributed by atoms with Gasteiger partial charge in [0.1, 0.15) is 5.82 Å². The number of aliphatic hydroxyl groups excluding tert-OH is 1. The number of imidazole rings is 1. The topological polar surface area (TPSA) is 67.2 Å². The van der Waals surface area contributed by atoms with Crippen LogP contribution in [0.5, 0.6) is 0 Å². The molecule has 3 rings (SSSR count). The Morgan fingerprint density at radius 1 is 1.17 bits per heavy atom. The predicted molar refractivity (Wildman–Crippen MR) is 87.3 cm³/mol. The molecule has 0 bridgehead atoms. The van der Waals surface area contributed by atoms with E-state index in [1.54, 1.807) is 24.7 Å². The van der Waals surface area contributed by atoms with E-state index < -0.39 is 6.10 Å². The van der Waals surface area contributed by atoms with E-state index >= 15 is 0 Å². The molecule has 1 atom stereocenters. The molecule has 0 fully saturated rings. The summed E-state index contributed by atoms with van der Waals surface area (Å²) in [5.74, 6) is -0.652. The van der Waals surface area contributed by atoms with Crippen LogP contribution in [0.4, 0.5) is 4.39 Å². The third kappa shape index (κ3) is 3.67. The summed E-state index contributed by atoms with van der Waals surface area (Å²) in [6.45, 7) is 0.0493. The summed E-state index contributed by atoms with van der Waals surface area (Å²) >= 11 is 0. The number of amides is 1. The zero-order valence-electron chi connectivity index (χ0n) is 12.8. The van der Waals surface area contributed by atoms with E-state index in [-0.39, 0.29) is 18.3 Å². The minimum absolute atomic E-state index is 0.0493. The van der Waals surface area contributed by atoms with E-state index in [4.69, 9.17) is 0 Å². The Bertz CT molecular complexity index is 799. The predicted octanol–water partition coefficient (Wildman–Crippen LogP) is 2.47. The number of carbonyl (C=O) groups is 1. The summed E-state index contributed by atoms with van der Waals surface area (Å²) in [6.07, 6.45) is 4.28. The Labute approximate surface area is 138 Å². The number of hydrogen-bond donors (Lipinski definition) is 2. The van der Waals surface area contributed by atoms with Gasteiger partial charge in [0.05, 0.1) is 12.4 Å². The molecule has 0 aliphatic heterocycles. The van der Waals surface area contributed by atoms with Gasteiger partial charge < -0.3 is 15.0 Å². The van der Waals surface area contributed by atoms with Gasteiger partial charge in [-0.15, -0.1) is 0 Å². The monoisotopic (exact) mass is 325 g/mol. The molecule has 0 radical (unpaired) electrons. The molecule has 24 heavy (non-hydrogen) atoms. The van der Waals surface area contributed by atoms with E-state index in [2.05, 4.69) is 10.3 Å². The number of carbonyl (C=O) groups excluding carboxylic acids is 1. The van der Waals surface area contributed by atoms with E-state index in [1.165, 1.54) is 24.3 Å². The van der Waals surface area contributed by atoms with Crippen LogP contribution in [-0.4, -0.2) is 27.1 Å². The molecule has 0 aliphatic carbocycles. The van der Waals surface area contributed by atoms with Crippen molar-refractivity contribution in [3.63, 3.8) is 0 Å². The molecule has 0 saturated heterocycles. The Morgan fingerprint density at radius 3 is 2.50 bits per heavy atom. The molecule has 1 heterocycles. The summed E-state index contributed by atoms with van der Waals surface area (Å²) in [5.41, 5.74) is 1.94. The summed E-state index contributed by atoms with van der Waals surface area (Å²) < 4.78 is 14.7. The second-order valence-electron chi connectivity index (χ2n) is 5.29. The maximum Gasteiger partial charge on any atom is 0.251 e. The van der Waals surface area contributed by atoms with Crippen LogP contribution in [0, 0.1) is 5.82 Å². The van der Waals surface area contributed by atoms with Crippen LogP contribution in [0.2, 0.25) is 0 Å². The SMILES string of the molecule is O=C(NCC(O)c1ccc(F)cc1)c1ccc(-n2ccnc2)cc1. The number of benzene rings is 2. The summed E-state index contributed by atoms with van der Waals surface area (Å²) in [7, 11) is 0. The Balaban J connectivity index is 1.59. The molecule has 1 unspecified atom stereocenters. The van der Waals surface area contributed by atoms with E-state index in [0.717, 1.165) is 5.69 Å². The van der Waals surface area contributed by atoms with Gasteiger partial charge >= 0.3 is 0 Å². The number of nitrogens with zero attached hydrogens (tertiary/aromatic N) is 2. The van der Waals surface area contributed by atoms with Crippen molar-refractivity contribution in [3.05, 3.63) is 84.2 Å². The van der Waals surface area contributed by atoms with Crippen molar-refractivity contribution < 1.29 is 14.3 Å². The Morgan fingerprint density at radius 2 is 1.88 bits per heavy atom. The van der Waals surface area contributed by atoms with Crippen molar-refractivity contribution >= 4 is 5.91 Å². The van der Waals surface area contributed by atoms with Crippen LogP contribution >= 0.6 is 0 Å². The molecule has 3 aromatic rings. The van der Waals surface area contributed by atoms with Crippen molar-refractivity contribution in [2.75, 3.05) is 6.54 Å².